The third-order valence-electron chi connectivity index (χ3n) is 5.00. The van der Waals surface area contributed by atoms with E-state index >= 15 is 0 Å². The molecule has 1 rings (SSSR count). The summed E-state index contributed by atoms with van der Waals surface area (Å²) in [5.74, 6) is -0.302. The van der Waals surface area contributed by atoms with E-state index in [2.05, 4.69) is 70.7 Å². The van der Waals surface area contributed by atoms with E-state index in [9.17, 15) is 4.79 Å². The number of unbranched alkanes of at least 4 members (excludes halogenated alkanes) is 2. The predicted molar refractivity (Wildman–Crippen MR) is 126 cm³/mol. The van der Waals surface area contributed by atoms with Crippen LogP contribution in [0.5, 0.6) is 0 Å². The fourth-order valence-corrected chi connectivity index (χ4v) is 3.08. The normalized spacial score (nSPS) is 13.1. The van der Waals surface area contributed by atoms with Crippen LogP contribution in [-0.4, -0.2) is 26.2 Å². The van der Waals surface area contributed by atoms with Gasteiger partial charge in [-0.2, -0.15) is 0 Å². The van der Waals surface area contributed by atoms with Gasteiger partial charge in [0.2, 0.25) is 0 Å². The highest BCUT2D eigenvalue weighted by molar-refractivity contribution is 5.89. The maximum Gasteiger partial charge on any atom is 0.337 e. The van der Waals surface area contributed by atoms with Crippen molar-refractivity contribution in [1.29, 1.82) is 0 Å². The summed E-state index contributed by atoms with van der Waals surface area (Å²) >= 11 is 0. The van der Waals surface area contributed by atoms with Gasteiger partial charge in [-0.1, -0.05) is 69.1 Å². The summed E-state index contributed by atoms with van der Waals surface area (Å²) in [4.78, 5) is 14.2. The predicted octanol–water partition coefficient (Wildman–Crippen LogP) is 6.96. The van der Waals surface area contributed by atoms with Crippen molar-refractivity contribution in [3.63, 3.8) is 0 Å². The highest BCUT2D eigenvalue weighted by Gasteiger charge is 2.20. The van der Waals surface area contributed by atoms with Crippen LogP contribution >= 0.6 is 0 Å². The van der Waals surface area contributed by atoms with Gasteiger partial charge in [0, 0.05) is 24.2 Å². The van der Waals surface area contributed by atoms with Gasteiger partial charge < -0.3 is 9.64 Å². The molecule has 0 saturated heterocycles. The summed E-state index contributed by atoms with van der Waals surface area (Å²) in [6, 6.07) is 7.72. The largest absolute Gasteiger partial charge is 0.465 e. The first-order valence-corrected chi connectivity index (χ1v) is 10.6. The van der Waals surface area contributed by atoms with Gasteiger partial charge in [0.1, 0.15) is 0 Å². The lowest BCUT2D eigenvalue weighted by Gasteiger charge is -2.33. The average Bonchev–Trinajstić information content (AvgIpc) is 2.71. The molecular weight excluding hydrogens is 358 g/mol. The summed E-state index contributed by atoms with van der Waals surface area (Å²) in [5.41, 5.74) is 4.34. The Kier molecular flexibility index (Phi) is 10.5. The molecule has 0 N–H and O–H groups in total. The molecule has 3 heteroatoms. The summed E-state index contributed by atoms with van der Waals surface area (Å²) in [6.07, 6.45) is 12.5. The molecule has 0 fully saturated rings. The van der Waals surface area contributed by atoms with E-state index in [4.69, 9.17) is 4.74 Å². The van der Waals surface area contributed by atoms with Crippen LogP contribution in [0.25, 0.3) is 0 Å². The van der Waals surface area contributed by atoms with Crippen LogP contribution in [0.3, 0.4) is 0 Å². The number of hydrogen-bond donors (Lipinski definition) is 0. The number of allylic oxidation sites excluding steroid dienone is 4. The SMILES string of the molecule is CC=C(C)C=CC(C)(C)CN(CC(C)=CCCCC)c1ccc(C(=O)OC)cc1. The van der Waals surface area contributed by atoms with Crippen molar-refractivity contribution in [3.8, 4) is 0 Å². The number of esters is 1. The second-order valence-corrected chi connectivity index (χ2v) is 8.44. The molecule has 0 aliphatic carbocycles. The second-order valence-electron chi connectivity index (χ2n) is 8.44. The van der Waals surface area contributed by atoms with Gasteiger partial charge >= 0.3 is 5.97 Å². The number of rotatable bonds is 11. The van der Waals surface area contributed by atoms with Crippen LogP contribution in [0, 0.1) is 5.41 Å². The van der Waals surface area contributed by atoms with E-state index in [1.807, 2.05) is 24.3 Å². The standard InChI is InChI=1S/C26H39NO2/c1-8-10-11-12-22(4)19-27(20-26(5,6)18-17-21(3)9-2)24-15-13-23(14-16-24)25(28)29-7/h9,12-18H,8,10-11,19-20H2,1-7H3. The van der Waals surface area contributed by atoms with Crippen LogP contribution < -0.4 is 4.90 Å². The van der Waals surface area contributed by atoms with Crippen LogP contribution in [0.15, 0.2) is 59.7 Å². The molecule has 3 nitrogen and oxygen atoms in total. The molecule has 0 aromatic heterocycles. The van der Waals surface area contributed by atoms with Crippen LogP contribution in [-0.2, 0) is 4.74 Å². The number of benzene rings is 1. The number of methoxy groups -OCH3 is 1. The Morgan fingerprint density at radius 2 is 1.83 bits per heavy atom. The molecular formula is C26H39NO2. The van der Waals surface area contributed by atoms with Crippen molar-refractivity contribution in [2.75, 3.05) is 25.1 Å². The van der Waals surface area contributed by atoms with Crippen molar-refractivity contribution in [3.05, 3.63) is 65.3 Å². The highest BCUT2D eigenvalue weighted by atomic mass is 16.5. The molecule has 0 heterocycles. The lowest BCUT2D eigenvalue weighted by Crippen LogP contribution is -2.34. The van der Waals surface area contributed by atoms with Gasteiger partial charge in [0.15, 0.2) is 0 Å². The fourth-order valence-electron chi connectivity index (χ4n) is 3.08. The van der Waals surface area contributed by atoms with Crippen molar-refractivity contribution in [2.45, 2.75) is 60.8 Å². The Morgan fingerprint density at radius 1 is 1.17 bits per heavy atom. The Balaban J connectivity index is 3.09. The van der Waals surface area contributed by atoms with Crippen molar-refractivity contribution < 1.29 is 9.53 Å². The molecule has 0 unspecified atom stereocenters. The Hall–Kier alpha value is -2.29. The van der Waals surface area contributed by atoms with Gasteiger partial charge in [0.05, 0.1) is 12.7 Å². The van der Waals surface area contributed by atoms with Crippen molar-refractivity contribution in [2.24, 2.45) is 5.41 Å². The van der Waals surface area contributed by atoms with Crippen LogP contribution in [0.2, 0.25) is 0 Å². The Labute approximate surface area is 178 Å². The van der Waals surface area contributed by atoms with E-state index in [0.717, 1.165) is 25.2 Å². The zero-order chi connectivity index (χ0) is 21.9. The number of carbonyl (C=O) groups is 1. The van der Waals surface area contributed by atoms with Crippen molar-refractivity contribution >= 4 is 11.7 Å². The average molecular weight is 398 g/mol. The van der Waals surface area contributed by atoms with E-state index in [-0.39, 0.29) is 11.4 Å². The zero-order valence-corrected chi connectivity index (χ0v) is 19.4. The molecule has 160 valence electrons. The maximum atomic E-state index is 11.8. The molecule has 0 saturated carbocycles. The molecule has 29 heavy (non-hydrogen) atoms. The lowest BCUT2D eigenvalue weighted by molar-refractivity contribution is 0.0600. The molecule has 0 aliphatic heterocycles. The van der Waals surface area contributed by atoms with Gasteiger partial charge in [-0.15, -0.1) is 0 Å². The van der Waals surface area contributed by atoms with E-state index < -0.39 is 0 Å². The summed E-state index contributed by atoms with van der Waals surface area (Å²) in [6.45, 7) is 14.9. The highest BCUT2D eigenvalue weighted by Crippen LogP contribution is 2.26. The molecule has 0 bridgehead atoms. The summed E-state index contributed by atoms with van der Waals surface area (Å²) in [5, 5.41) is 0. The first-order chi connectivity index (χ1) is 13.7. The minimum absolute atomic E-state index is 0.00892. The summed E-state index contributed by atoms with van der Waals surface area (Å²) in [7, 11) is 1.41. The third kappa shape index (κ3) is 9.17. The monoisotopic (exact) mass is 397 g/mol. The van der Waals surface area contributed by atoms with E-state index in [0.29, 0.717) is 5.56 Å². The number of carbonyl (C=O) groups excluding carboxylic acids is 1. The number of ether oxygens (including phenoxy) is 1. The zero-order valence-electron chi connectivity index (χ0n) is 19.4. The first-order valence-electron chi connectivity index (χ1n) is 10.6. The van der Waals surface area contributed by atoms with Crippen molar-refractivity contribution in [1.82, 2.24) is 0 Å². The molecule has 0 amide bonds. The molecule has 0 radical (unpaired) electrons. The quantitative estimate of drug-likeness (QED) is 0.175. The lowest BCUT2D eigenvalue weighted by atomic mass is 9.91. The maximum absolute atomic E-state index is 11.8. The topological polar surface area (TPSA) is 29.5 Å². The van der Waals surface area contributed by atoms with E-state index in [1.165, 1.54) is 31.1 Å². The molecule has 1 aromatic rings. The summed E-state index contributed by atoms with van der Waals surface area (Å²) < 4.78 is 4.83. The van der Waals surface area contributed by atoms with Gasteiger partial charge in [-0.05, 0) is 51.5 Å². The smallest absolute Gasteiger partial charge is 0.337 e. The number of nitrogens with zero attached hydrogens (tertiary/aromatic N) is 1. The minimum atomic E-state index is -0.302. The third-order valence-corrected chi connectivity index (χ3v) is 5.00. The number of anilines is 1. The van der Waals surface area contributed by atoms with E-state index in [1.54, 1.807) is 0 Å². The molecule has 1 aromatic carbocycles. The minimum Gasteiger partial charge on any atom is -0.465 e. The van der Waals surface area contributed by atoms with Crippen LogP contribution in [0.1, 0.15) is 71.2 Å². The second kappa shape index (κ2) is 12.3. The molecule has 0 spiro atoms. The Bertz CT molecular complexity index is 724. The first kappa shape index (κ1) is 24.7. The van der Waals surface area contributed by atoms with Crippen LogP contribution in [0.4, 0.5) is 5.69 Å². The molecule has 0 atom stereocenters. The van der Waals surface area contributed by atoms with Gasteiger partial charge in [-0.25, -0.2) is 4.79 Å². The molecule has 0 aliphatic rings. The Morgan fingerprint density at radius 3 is 2.38 bits per heavy atom. The van der Waals surface area contributed by atoms with Gasteiger partial charge in [0.25, 0.3) is 0 Å². The van der Waals surface area contributed by atoms with Gasteiger partial charge in [-0.3, -0.25) is 0 Å². The fraction of sp³-hybridized carbons (Fsp3) is 0.500. The number of hydrogen-bond acceptors (Lipinski definition) is 3.